The lowest BCUT2D eigenvalue weighted by atomic mass is 10.1. The molecular weight excluding hydrogens is 268 g/mol. The topological polar surface area (TPSA) is 73.4 Å². The smallest absolute Gasteiger partial charge is 0.323 e. The monoisotopic (exact) mass is 288 g/mol. The summed E-state index contributed by atoms with van der Waals surface area (Å²) in [5.41, 5.74) is 2.21. The number of fused-ring (bicyclic) bond motifs is 1. The third-order valence-electron chi connectivity index (χ3n) is 3.31. The standard InChI is InChI=1S/C16H20N2O3/c1-10(2)8-18(9-14(19)20)16(21)15-11(3)17-13-7-5-4-6-12(13)15/h4-7,10,17H,8-9H2,1-3H3,(H,19,20). The Kier molecular flexibility index (Phi) is 4.31. The zero-order valence-electron chi connectivity index (χ0n) is 12.5. The summed E-state index contributed by atoms with van der Waals surface area (Å²) in [7, 11) is 0. The van der Waals surface area contributed by atoms with Crippen molar-refractivity contribution in [3.63, 3.8) is 0 Å². The first-order valence-electron chi connectivity index (χ1n) is 6.98. The minimum absolute atomic E-state index is 0.207. The molecule has 0 aliphatic rings. The minimum Gasteiger partial charge on any atom is -0.480 e. The molecule has 5 nitrogen and oxygen atoms in total. The Hall–Kier alpha value is -2.30. The first-order valence-corrected chi connectivity index (χ1v) is 6.98. The number of carbonyl (C=O) groups is 2. The molecule has 0 spiro atoms. The van der Waals surface area contributed by atoms with Crippen molar-refractivity contribution in [1.82, 2.24) is 9.88 Å². The minimum atomic E-state index is -0.999. The molecular formula is C16H20N2O3. The van der Waals surface area contributed by atoms with Gasteiger partial charge in [0.15, 0.2) is 0 Å². The molecule has 1 amide bonds. The number of amides is 1. The highest BCUT2D eigenvalue weighted by Gasteiger charge is 2.24. The molecule has 0 atom stereocenters. The summed E-state index contributed by atoms with van der Waals surface area (Å²) in [5.74, 6) is -1.03. The highest BCUT2D eigenvalue weighted by atomic mass is 16.4. The van der Waals surface area contributed by atoms with E-state index >= 15 is 0 Å². The number of benzene rings is 1. The van der Waals surface area contributed by atoms with Gasteiger partial charge < -0.3 is 15.0 Å². The van der Waals surface area contributed by atoms with Crippen LogP contribution in [0, 0.1) is 12.8 Å². The van der Waals surface area contributed by atoms with Gasteiger partial charge in [0.2, 0.25) is 0 Å². The average molecular weight is 288 g/mol. The summed E-state index contributed by atoms with van der Waals surface area (Å²) in [6, 6.07) is 7.55. The Morgan fingerprint density at radius 2 is 1.95 bits per heavy atom. The maximum absolute atomic E-state index is 12.8. The number of rotatable bonds is 5. The Balaban J connectivity index is 2.42. The molecule has 0 aliphatic carbocycles. The van der Waals surface area contributed by atoms with E-state index in [1.165, 1.54) is 4.90 Å². The molecule has 2 N–H and O–H groups in total. The maximum atomic E-state index is 12.8. The largest absolute Gasteiger partial charge is 0.480 e. The van der Waals surface area contributed by atoms with Gasteiger partial charge in [-0.05, 0) is 18.9 Å². The lowest BCUT2D eigenvalue weighted by molar-refractivity contribution is -0.137. The van der Waals surface area contributed by atoms with Crippen LogP contribution < -0.4 is 0 Å². The molecule has 0 fully saturated rings. The van der Waals surface area contributed by atoms with Crippen LogP contribution in [0.3, 0.4) is 0 Å². The van der Waals surface area contributed by atoms with Crippen LogP contribution in [0.15, 0.2) is 24.3 Å². The van der Waals surface area contributed by atoms with E-state index in [1.807, 2.05) is 45.0 Å². The molecule has 0 aliphatic heterocycles. The fourth-order valence-electron chi connectivity index (χ4n) is 2.53. The Labute approximate surface area is 123 Å². The lowest BCUT2D eigenvalue weighted by Crippen LogP contribution is -2.38. The van der Waals surface area contributed by atoms with Crippen LogP contribution in [-0.4, -0.2) is 40.0 Å². The number of carboxylic acids is 1. The zero-order chi connectivity index (χ0) is 15.6. The number of aromatic nitrogens is 1. The molecule has 1 heterocycles. The number of carboxylic acid groups (broad SMARTS) is 1. The Morgan fingerprint density at radius 3 is 2.57 bits per heavy atom. The second-order valence-corrected chi connectivity index (χ2v) is 5.64. The number of aliphatic carboxylic acids is 1. The molecule has 0 unspecified atom stereocenters. The van der Waals surface area contributed by atoms with Gasteiger partial charge in [0.25, 0.3) is 5.91 Å². The third kappa shape index (κ3) is 3.24. The fraction of sp³-hybridized carbons (Fsp3) is 0.375. The van der Waals surface area contributed by atoms with Crippen molar-refractivity contribution in [3.8, 4) is 0 Å². The number of hydrogen-bond acceptors (Lipinski definition) is 2. The predicted molar refractivity (Wildman–Crippen MR) is 81.4 cm³/mol. The van der Waals surface area contributed by atoms with E-state index < -0.39 is 5.97 Å². The molecule has 0 bridgehead atoms. The van der Waals surface area contributed by atoms with Gasteiger partial charge in [-0.1, -0.05) is 32.0 Å². The molecule has 0 radical (unpaired) electrons. The normalized spacial score (nSPS) is 11.0. The van der Waals surface area contributed by atoms with Gasteiger partial charge in [0.05, 0.1) is 5.56 Å². The van der Waals surface area contributed by atoms with Gasteiger partial charge >= 0.3 is 5.97 Å². The van der Waals surface area contributed by atoms with Crippen LogP contribution in [0.5, 0.6) is 0 Å². The molecule has 5 heteroatoms. The van der Waals surface area contributed by atoms with Gasteiger partial charge in [0.1, 0.15) is 6.54 Å². The summed E-state index contributed by atoms with van der Waals surface area (Å²) in [6.07, 6.45) is 0. The zero-order valence-corrected chi connectivity index (χ0v) is 12.5. The molecule has 1 aromatic carbocycles. The van der Waals surface area contributed by atoms with Gasteiger partial charge in [-0.15, -0.1) is 0 Å². The van der Waals surface area contributed by atoms with Gasteiger partial charge in [-0.2, -0.15) is 0 Å². The SMILES string of the molecule is Cc1[nH]c2ccccc2c1C(=O)N(CC(=O)O)CC(C)C. The highest BCUT2D eigenvalue weighted by molar-refractivity contribution is 6.08. The third-order valence-corrected chi connectivity index (χ3v) is 3.31. The average Bonchev–Trinajstić information content (AvgIpc) is 2.71. The van der Waals surface area contributed by atoms with E-state index in [0.29, 0.717) is 12.1 Å². The molecule has 0 saturated heterocycles. The van der Waals surface area contributed by atoms with Gasteiger partial charge in [0, 0.05) is 23.1 Å². The number of para-hydroxylation sites is 1. The summed E-state index contributed by atoms with van der Waals surface area (Å²) in [4.78, 5) is 28.3. The fourth-order valence-corrected chi connectivity index (χ4v) is 2.53. The van der Waals surface area contributed by atoms with Crippen LogP contribution in [-0.2, 0) is 4.79 Å². The van der Waals surface area contributed by atoms with Crippen molar-refractivity contribution in [2.45, 2.75) is 20.8 Å². The van der Waals surface area contributed by atoms with Crippen LogP contribution in [0.25, 0.3) is 10.9 Å². The van der Waals surface area contributed by atoms with E-state index in [4.69, 9.17) is 5.11 Å². The molecule has 112 valence electrons. The lowest BCUT2D eigenvalue weighted by Gasteiger charge is -2.23. The van der Waals surface area contributed by atoms with Crippen molar-refractivity contribution in [2.24, 2.45) is 5.92 Å². The number of hydrogen-bond donors (Lipinski definition) is 2. The van der Waals surface area contributed by atoms with E-state index in [9.17, 15) is 9.59 Å². The van der Waals surface area contributed by atoms with Crippen molar-refractivity contribution >= 4 is 22.8 Å². The van der Waals surface area contributed by atoms with E-state index in [1.54, 1.807) is 0 Å². The number of H-pyrrole nitrogens is 1. The van der Waals surface area contributed by atoms with Crippen LogP contribution in [0.1, 0.15) is 29.9 Å². The summed E-state index contributed by atoms with van der Waals surface area (Å²) in [6.45, 7) is 5.90. The summed E-state index contributed by atoms with van der Waals surface area (Å²) < 4.78 is 0. The predicted octanol–water partition coefficient (Wildman–Crippen LogP) is 2.66. The molecule has 2 aromatic rings. The second kappa shape index (κ2) is 5.99. The Bertz CT molecular complexity index is 673. The highest BCUT2D eigenvalue weighted by Crippen LogP contribution is 2.23. The number of carbonyl (C=O) groups excluding carboxylic acids is 1. The second-order valence-electron chi connectivity index (χ2n) is 5.64. The van der Waals surface area contributed by atoms with E-state index in [-0.39, 0.29) is 18.4 Å². The maximum Gasteiger partial charge on any atom is 0.323 e. The van der Waals surface area contributed by atoms with Crippen molar-refractivity contribution in [3.05, 3.63) is 35.5 Å². The van der Waals surface area contributed by atoms with Crippen molar-refractivity contribution < 1.29 is 14.7 Å². The van der Waals surface area contributed by atoms with Crippen LogP contribution in [0.2, 0.25) is 0 Å². The molecule has 0 saturated carbocycles. The molecule has 1 aromatic heterocycles. The van der Waals surface area contributed by atoms with E-state index in [0.717, 1.165) is 16.6 Å². The first kappa shape index (κ1) is 15.1. The number of aromatic amines is 1. The summed E-state index contributed by atoms with van der Waals surface area (Å²) >= 11 is 0. The van der Waals surface area contributed by atoms with E-state index in [2.05, 4.69) is 4.98 Å². The van der Waals surface area contributed by atoms with Crippen molar-refractivity contribution in [2.75, 3.05) is 13.1 Å². The quantitative estimate of drug-likeness (QED) is 0.888. The van der Waals surface area contributed by atoms with Crippen LogP contribution >= 0.6 is 0 Å². The number of aryl methyl sites for hydroxylation is 1. The van der Waals surface area contributed by atoms with Gasteiger partial charge in [-0.3, -0.25) is 9.59 Å². The Morgan fingerprint density at radius 1 is 1.29 bits per heavy atom. The van der Waals surface area contributed by atoms with Gasteiger partial charge in [-0.25, -0.2) is 0 Å². The molecule has 2 rings (SSSR count). The summed E-state index contributed by atoms with van der Waals surface area (Å²) in [5, 5.41) is 9.86. The van der Waals surface area contributed by atoms with Crippen LogP contribution in [0.4, 0.5) is 0 Å². The number of nitrogens with one attached hydrogen (secondary N) is 1. The number of nitrogens with zero attached hydrogens (tertiary/aromatic N) is 1. The molecule has 21 heavy (non-hydrogen) atoms. The first-order chi connectivity index (χ1) is 9.90. The van der Waals surface area contributed by atoms with Crippen molar-refractivity contribution in [1.29, 1.82) is 0 Å².